The Morgan fingerprint density at radius 1 is 1.32 bits per heavy atom. The summed E-state index contributed by atoms with van der Waals surface area (Å²) in [6, 6.07) is 8.76. The molecule has 98 valence electrons. The van der Waals surface area contributed by atoms with Gasteiger partial charge in [0.2, 0.25) is 0 Å². The highest BCUT2D eigenvalue weighted by atomic mass is 79.9. The Hall–Kier alpha value is -1.59. The topological polar surface area (TPSA) is 49.3 Å². The first-order valence-electron chi connectivity index (χ1n) is 5.23. The number of hydrogen-bond donors (Lipinski definition) is 2. The van der Waals surface area contributed by atoms with Crippen LogP contribution in [0.4, 0.5) is 15.8 Å². The van der Waals surface area contributed by atoms with Gasteiger partial charge in [0.05, 0.1) is 16.3 Å². The molecule has 2 N–H and O–H groups in total. The van der Waals surface area contributed by atoms with Crippen molar-refractivity contribution in [2.24, 2.45) is 0 Å². The molecule has 0 aromatic heterocycles. The van der Waals surface area contributed by atoms with Crippen LogP contribution in [0.5, 0.6) is 0 Å². The summed E-state index contributed by atoms with van der Waals surface area (Å²) in [5.74, 6) is -1.83. The van der Waals surface area contributed by atoms with E-state index in [4.69, 9.17) is 16.7 Å². The average molecular weight is 345 g/mol. The lowest BCUT2D eigenvalue weighted by molar-refractivity contribution is 0.0697. The summed E-state index contributed by atoms with van der Waals surface area (Å²) < 4.78 is 14.3. The van der Waals surface area contributed by atoms with Crippen LogP contribution in [-0.4, -0.2) is 11.1 Å². The molecule has 0 saturated heterocycles. The van der Waals surface area contributed by atoms with E-state index in [0.717, 1.165) is 0 Å². The van der Waals surface area contributed by atoms with E-state index in [1.807, 2.05) is 0 Å². The normalized spacial score (nSPS) is 10.3. The van der Waals surface area contributed by atoms with E-state index in [9.17, 15) is 9.18 Å². The van der Waals surface area contributed by atoms with Gasteiger partial charge >= 0.3 is 5.97 Å². The fraction of sp³-hybridized carbons (Fsp3) is 0. The van der Waals surface area contributed by atoms with Crippen molar-refractivity contribution in [3.8, 4) is 0 Å². The number of carboxylic acid groups (broad SMARTS) is 1. The van der Waals surface area contributed by atoms with Crippen molar-refractivity contribution < 1.29 is 14.3 Å². The molecule has 0 radical (unpaired) electrons. The molecule has 6 heteroatoms. The van der Waals surface area contributed by atoms with Crippen molar-refractivity contribution in [3.63, 3.8) is 0 Å². The number of hydrogen-bond acceptors (Lipinski definition) is 2. The molecular formula is C13H8BrClFNO2. The van der Waals surface area contributed by atoms with E-state index in [1.54, 1.807) is 18.2 Å². The Labute approximate surface area is 122 Å². The Bertz CT molecular complexity index is 649. The number of aromatic carboxylic acids is 1. The number of para-hydroxylation sites is 1. The molecule has 2 rings (SSSR count). The van der Waals surface area contributed by atoms with Gasteiger partial charge in [0.15, 0.2) is 0 Å². The first kappa shape index (κ1) is 13.8. The number of benzene rings is 2. The Kier molecular flexibility index (Phi) is 4.07. The summed E-state index contributed by atoms with van der Waals surface area (Å²) >= 11 is 9.10. The Morgan fingerprint density at radius 2 is 2.05 bits per heavy atom. The fourth-order valence-electron chi connectivity index (χ4n) is 1.55. The maximum atomic E-state index is 13.7. The minimum Gasteiger partial charge on any atom is -0.478 e. The number of carboxylic acids is 1. The summed E-state index contributed by atoms with van der Waals surface area (Å²) in [4.78, 5) is 11.0. The smallest absolute Gasteiger partial charge is 0.337 e. The van der Waals surface area contributed by atoms with Crippen LogP contribution in [0, 0.1) is 5.82 Å². The van der Waals surface area contributed by atoms with Crippen molar-refractivity contribution in [3.05, 3.63) is 57.3 Å². The van der Waals surface area contributed by atoms with Crippen LogP contribution in [0.15, 0.2) is 40.9 Å². The minimum absolute atomic E-state index is 0.0794. The van der Waals surface area contributed by atoms with E-state index in [2.05, 4.69) is 21.2 Å². The zero-order chi connectivity index (χ0) is 14.0. The highest BCUT2D eigenvalue weighted by Crippen LogP contribution is 2.29. The van der Waals surface area contributed by atoms with E-state index in [0.29, 0.717) is 15.2 Å². The van der Waals surface area contributed by atoms with E-state index >= 15 is 0 Å². The monoisotopic (exact) mass is 343 g/mol. The van der Waals surface area contributed by atoms with Crippen LogP contribution in [0.1, 0.15) is 10.4 Å². The molecule has 0 aliphatic carbocycles. The zero-order valence-corrected chi connectivity index (χ0v) is 11.8. The molecule has 0 unspecified atom stereocenters. The van der Waals surface area contributed by atoms with Crippen LogP contribution in [0.2, 0.25) is 5.02 Å². The van der Waals surface area contributed by atoms with Crippen molar-refractivity contribution >= 4 is 44.9 Å². The molecule has 0 fully saturated rings. The summed E-state index contributed by atoms with van der Waals surface area (Å²) in [5.41, 5.74) is 0.319. The first-order valence-corrected chi connectivity index (χ1v) is 6.40. The highest BCUT2D eigenvalue weighted by molar-refractivity contribution is 9.10. The van der Waals surface area contributed by atoms with Gasteiger partial charge in [-0.1, -0.05) is 17.7 Å². The summed E-state index contributed by atoms with van der Waals surface area (Å²) in [7, 11) is 0. The molecule has 2 aromatic carbocycles. The van der Waals surface area contributed by atoms with Crippen LogP contribution >= 0.6 is 27.5 Å². The second-order valence-corrected chi connectivity index (χ2v) is 4.98. The quantitative estimate of drug-likeness (QED) is 0.849. The van der Waals surface area contributed by atoms with Gasteiger partial charge in [-0.3, -0.25) is 0 Å². The molecule has 0 spiro atoms. The van der Waals surface area contributed by atoms with E-state index < -0.39 is 11.8 Å². The van der Waals surface area contributed by atoms with Gasteiger partial charge in [-0.25, -0.2) is 9.18 Å². The standard InChI is InChI=1S/C13H8BrClFNO2/c14-9-6-7(4-5-10(9)15)17-12-8(13(18)19)2-1-3-11(12)16/h1-6,17H,(H,18,19). The zero-order valence-electron chi connectivity index (χ0n) is 9.45. The van der Waals surface area contributed by atoms with Gasteiger partial charge in [-0.15, -0.1) is 0 Å². The predicted octanol–water partition coefficient (Wildman–Crippen LogP) is 4.68. The van der Waals surface area contributed by atoms with Gasteiger partial charge in [0.1, 0.15) is 5.82 Å². The Morgan fingerprint density at radius 3 is 2.68 bits per heavy atom. The third-order valence-electron chi connectivity index (χ3n) is 2.43. The maximum absolute atomic E-state index is 13.7. The first-order chi connectivity index (χ1) is 8.99. The van der Waals surface area contributed by atoms with Crippen molar-refractivity contribution in [2.45, 2.75) is 0 Å². The predicted molar refractivity (Wildman–Crippen MR) is 75.8 cm³/mol. The molecule has 0 aliphatic heterocycles. The van der Waals surface area contributed by atoms with E-state index in [1.165, 1.54) is 18.2 Å². The summed E-state index contributed by atoms with van der Waals surface area (Å²) in [5, 5.41) is 12.3. The highest BCUT2D eigenvalue weighted by Gasteiger charge is 2.14. The second-order valence-electron chi connectivity index (χ2n) is 3.72. The average Bonchev–Trinajstić information content (AvgIpc) is 2.36. The fourth-order valence-corrected chi connectivity index (χ4v) is 2.04. The Balaban J connectivity index is 2.42. The number of carbonyl (C=O) groups is 1. The molecule has 3 nitrogen and oxygen atoms in total. The largest absolute Gasteiger partial charge is 0.478 e. The molecule has 2 aromatic rings. The van der Waals surface area contributed by atoms with Gasteiger partial charge in [0, 0.05) is 10.2 Å². The molecule has 0 bridgehead atoms. The van der Waals surface area contributed by atoms with Gasteiger partial charge in [-0.05, 0) is 46.3 Å². The van der Waals surface area contributed by atoms with Crippen molar-refractivity contribution in [1.82, 2.24) is 0 Å². The number of nitrogens with one attached hydrogen (secondary N) is 1. The van der Waals surface area contributed by atoms with Crippen molar-refractivity contribution in [2.75, 3.05) is 5.32 Å². The number of anilines is 2. The third-order valence-corrected chi connectivity index (χ3v) is 3.65. The van der Waals surface area contributed by atoms with Gasteiger partial charge in [0.25, 0.3) is 0 Å². The molecule has 0 aliphatic rings. The van der Waals surface area contributed by atoms with E-state index in [-0.39, 0.29) is 11.3 Å². The van der Waals surface area contributed by atoms with Gasteiger partial charge in [-0.2, -0.15) is 0 Å². The van der Waals surface area contributed by atoms with Crippen LogP contribution in [0.3, 0.4) is 0 Å². The molecule has 0 atom stereocenters. The lowest BCUT2D eigenvalue weighted by Gasteiger charge is -2.11. The van der Waals surface area contributed by atoms with Gasteiger partial charge < -0.3 is 10.4 Å². The molecule has 0 saturated carbocycles. The lowest BCUT2D eigenvalue weighted by Crippen LogP contribution is -2.04. The number of halogens is 3. The maximum Gasteiger partial charge on any atom is 0.337 e. The molecular weight excluding hydrogens is 337 g/mol. The second kappa shape index (κ2) is 5.59. The third kappa shape index (κ3) is 3.05. The lowest BCUT2D eigenvalue weighted by atomic mass is 10.1. The van der Waals surface area contributed by atoms with Crippen LogP contribution < -0.4 is 5.32 Å². The molecule has 0 heterocycles. The number of rotatable bonds is 3. The van der Waals surface area contributed by atoms with Crippen molar-refractivity contribution in [1.29, 1.82) is 0 Å². The SMILES string of the molecule is O=C(O)c1cccc(F)c1Nc1ccc(Cl)c(Br)c1. The summed E-state index contributed by atoms with van der Waals surface area (Å²) in [6.45, 7) is 0. The van der Waals surface area contributed by atoms with Crippen LogP contribution in [-0.2, 0) is 0 Å². The molecule has 0 amide bonds. The van der Waals surface area contributed by atoms with Crippen LogP contribution in [0.25, 0.3) is 0 Å². The molecule has 19 heavy (non-hydrogen) atoms. The minimum atomic E-state index is -1.20. The summed E-state index contributed by atoms with van der Waals surface area (Å²) in [6.07, 6.45) is 0.